The number of nitrogens with zero attached hydrogens (tertiary/aromatic N) is 1. The highest BCUT2D eigenvalue weighted by molar-refractivity contribution is 9.10. The average molecular weight is 314 g/mol. The van der Waals surface area contributed by atoms with E-state index in [0.717, 1.165) is 4.47 Å². The Labute approximate surface area is 111 Å². The molecule has 0 bridgehead atoms. The van der Waals surface area contributed by atoms with Crippen molar-refractivity contribution in [2.75, 3.05) is 0 Å². The lowest BCUT2D eigenvalue weighted by atomic mass is 10.0. The maximum atomic E-state index is 10.7. The van der Waals surface area contributed by atoms with Gasteiger partial charge in [0.1, 0.15) is 6.10 Å². The number of fused-ring (bicyclic) bond motifs is 1. The molecule has 1 aromatic heterocycles. The molecule has 2 rings (SSSR count). The van der Waals surface area contributed by atoms with Crippen LogP contribution in [0.2, 0.25) is 0 Å². The molecule has 2 atom stereocenters. The molecular formula is C11H12BrN3O3. The van der Waals surface area contributed by atoms with Crippen molar-refractivity contribution in [2.24, 2.45) is 5.73 Å². The summed E-state index contributed by atoms with van der Waals surface area (Å²) in [4.78, 5) is 10.7. The van der Waals surface area contributed by atoms with Gasteiger partial charge in [-0.1, -0.05) is 15.9 Å². The zero-order valence-electron chi connectivity index (χ0n) is 9.30. The van der Waals surface area contributed by atoms with Crippen LogP contribution in [-0.2, 0) is 4.79 Å². The number of amides is 1. The zero-order chi connectivity index (χ0) is 13.3. The van der Waals surface area contributed by atoms with Gasteiger partial charge in [0.25, 0.3) is 0 Å². The number of halogens is 1. The number of carbonyl (C=O) groups excluding carboxylic acids is 1. The summed E-state index contributed by atoms with van der Waals surface area (Å²) in [5, 5.41) is 27.0. The van der Waals surface area contributed by atoms with Crippen molar-refractivity contribution in [1.29, 1.82) is 0 Å². The highest BCUT2D eigenvalue weighted by atomic mass is 79.9. The van der Waals surface area contributed by atoms with Crippen molar-refractivity contribution in [3.05, 3.63) is 28.4 Å². The van der Waals surface area contributed by atoms with E-state index in [1.165, 1.54) is 0 Å². The van der Waals surface area contributed by atoms with Crippen LogP contribution in [0.1, 0.15) is 18.2 Å². The number of carbonyl (C=O) groups is 1. The van der Waals surface area contributed by atoms with Crippen LogP contribution in [0.25, 0.3) is 10.9 Å². The van der Waals surface area contributed by atoms with Gasteiger partial charge in [0.2, 0.25) is 5.91 Å². The van der Waals surface area contributed by atoms with E-state index in [2.05, 4.69) is 26.1 Å². The lowest BCUT2D eigenvalue weighted by molar-refractivity contribution is -0.121. The van der Waals surface area contributed by atoms with E-state index in [1.54, 1.807) is 18.2 Å². The van der Waals surface area contributed by atoms with Crippen LogP contribution in [0.3, 0.4) is 0 Å². The van der Waals surface area contributed by atoms with Gasteiger partial charge in [0.15, 0.2) is 0 Å². The molecule has 2 unspecified atom stereocenters. The summed E-state index contributed by atoms with van der Waals surface area (Å²) in [5.41, 5.74) is 6.00. The lowest BCUT2D eigenvalue weighted by Crippen LogP contribution is -2.26. The van der Waals surface area contributed by atoms with Crippen LogP contribution in [0.15, 0.2) is 22.7 Å². The number of aliphatic hydroxyl groups excluding tert-OH is 2. The average Bonchev–Trinajstić information content (AvgIpc) is 2.69. The minimum absolute atomic E-state index is 0.307. The summed E-state index contributed by atoms with van der Waals surface area (Å²) in [6.07, 6.45) is -2.79. The van der Waals surface area contributed by atoms with Crippen LogP contribution in [0.5, 0.6) is 0 Å². The van der Waals surface area contributed by atoms with E-state index < -0.39 is 18.1 Å². The number of hydrogen-bond donors (Lipinski definition) is 4. The molecule has 0 aliphatic rings. The van der Waals surface area contributed by atoms with Crippen LogP contribution < -0.4 is 5.73 Å². The highest BCUT2D eigenvalue weighted by Crippen LogP contribution is 2.27. The summed E-state index contributed by atoms with van der Waals surface area (Å²) in [6.45, 7) is 0. The van der Waals surface area contributed by atoms with Crippen molar-refractivity contribution in [3.63, 3.8) is 0 Å². The molecule has 0 spiro atoms. The molecule has 1 aromatic carbocycles. The number of hydrogen-bond acceptors (Lipinski definition) is 4. The second-order valence-electron chi connectivity index (χ2n) is 3.98. The van der Waals surface area contributed by atoms with Crippen LogP contribution >= 0.6 is 15.9 Å². The third-order valence-electron chi connectivity index (χ3n) is 2.62. The predicted octanol–water partition coefficient (Wildman–Crippen LogP) is 0.595. The number of nitrogens with one attached hydrogen (secondary N) is 1. The Morgan fingerprint density at radius 1 is 1.50 bits per heavy atom. The van der Waals surface area contributed by atoms with Gasteiger partial charge in [0, 0.05) is 9.86 Å². The van der Waals surface area contributed by atoms with Gasteiger partial charge in [-0.25, -0.2) is 0 Å². The van der Waals surface area contributed by atoms with Crippen LogP contribution in [0, 0.1) is 0 Å². The smallest absolute Gasteiger partial charge is 0.220 e. The van der Waals surface area contributed by atoms with Crippen molar-refractivity contribution < 1.29 is 15.0 Å². The van der Waals surface area contributed by atoms with Gasteiger partial charge in [-0.05, 0) is 18.2 Å². The first-order valence-corrected chi connectivity index (χ1v) is 6.06. The van der Waals surface area contributed by atoms with Gasteiger partial charge in [-0.2, -0.15) is 5.10 Å². The quantitative estimate of drug-likeness (QED) is 0.662. The number of benzene rings is 1. The number of rotatable bonds is 4. The number of nitrogens with two attached hydrogens (primary N) is 1. The van der Waals surface area contributed by atoms with E-state index in [9.17, 15) is 15.0 Å². The molecule has 0 saturated heterocycles. The summed E-state index contributed by atoms with van der Waals surface area (Å²) >= 11 is 3.31. The van der Waals surface area contributed by atoms with Crippen molar-refractivity contribution in [2.45, 2.75) is 18.6 Å². The van der Waals surface area contributed by atoms with E-state index >= 15 is 0 Å². The van der Waals surface area contributed by atoms with Gasteiger partial charge < -0.3 is 15.9 Å². The molecule has 2 aromatic rings. The molecule has 1 heterocycles. The highest BCUT2D eigenvalue weighted by Gasteiger charge is 2.23. The standard InChI is InChI=1S/C11H12BrN3O3/c12-5-1-2-6-7(3-5)14-15-10(6)11(18)8(16)4-9(13)17/h1-3,8,11,16,18H,4H2,(H2,13,17)(H,14,15). The third kappa shape index (κ3) is 2.53. The summed E-state index contributed by atoms with van der Waals surface area (Å²) < 4.78 is 0.861. The topological polar surface area (TPSA) is 112 Å². The number of aromatic amines is 1. The molecule has 0 radical (unpaired) electrons. The van der Waals surface area contributed by atoms with E-state index in [1.807, 2.05) is 0 Å². The molecule has 0 fully saturated rings. The molecule has 6 nitrogen and oxygen atoms in total. The van der Waals surface area contributed by atoms with Gasteiger partial charge >= 0.3 is 0 Å². The zero-order valence-corrected chi connectivity index (χ0v) is 10.9. The van der Waals surface area contributed by atoms with E-state index in [0.29, 0.717) is 16.6 Å². The number of aromatic nitrogens is 2. The summed E-state index contributed by atoms with van der Waals surface area (Å²) in [6, 6.07) is 5.34. The Balaban J connectivity index is 2.33. The molecule has 0 aliphatic carbocycles. The lowest BCUT2D eigenvalue weighted by Gasteiger charge is -2.15. The molecule has 7 heteroatoms. The second kappa shape index (κ2) is 5.05. The molecule has 0 saturated carbocycles. The first kappa shape index (κ1) is 13.0. The summed E-state index contributed by atoms with van der Waals surface area (Å²) in [5.74, 6) is -0.673. The van der Waals surface area contributed by atoms with Gasteiger partial charge in [0.05, 0.1) is 23.7 Å². The molecule has 18 heavy (non-hydrogen) atoms. The fourth-order valence-corrected chi connectivity index (χ4v) is 2.09. The van der Waals surface area contributed by atoms with Crippen LogP contribution in [0.4, 0.5) is 0 Å². The Kier molecular flexibility index (Phi) is 3.65. The van der Waals surface area contributed by atoms with E-state index in [-0.39, 0.29) is 6.42 Å². The fraction of sp³-hybridized carbons (Fsp3) is 0.273. The maximum Gasteiger partial charge on any atom is 0.220 e. The number of primary amides is 1. The maximum absolute atomic E-state index is 10.7. The first-order chi connectivity index (χ1) is 8.49. The first-order valence-electron chi connectivity index (χ1n) is 5.27. The van der Waals surface area contributed by atoms with Gasteiger partial charge in [-0.15, -0.1) is 0 Å². The third-order valence-corrected chi connectivity index (χ3v) is 3.11. The van der Waals surface area contributed by atoms with Crippen molar-refractivity contribution in [1.82, 2.24) is 10.2 Å². The number of H-pyrrole nitrogens is 1. The predicted molar refractivity (Wildman–Crippen MR) is 68.6 cm³/mol. The monoisotopic (exact) mass is 313 g/mol. The number of aliphatic hydroxyl groups is 2. The second-order valence-corrected chi connectivity index (χ2v) is 4.90. The minimum atomic E-state index is -1.25. The molecular weight excluding hydrogens is 302 g/mol. The fourth-order valence-electron chi connectivity index (χ4n) is 1.74. The Morgan fingerprint density at radius 3 is 2.89 bits per heavy atom. The molecule has 96 valence electrons. The van der Waals surface area contributed by atoms with Crippen LogP contribution in [-0.4, -0.2) is 32.4 Å². The largest absolute Gasteiger partial charge is 0.389 e. The molecule has 5 N–H and O–H groups in total. The molecule has 1 amide bonds. The Morgan fingerprint density at radius 2 is 2.22 bits per heavy atom. The van der Waals surface area contributed by atoms with Gasteiger partial charge in [-0.3, -0.25) is 9.89 Å². The van der Waals surface area contributed by atoms with Crippen molar-refractivity contribution in [3.8, 4) is 0 Å². The molecule has 0 aliphatic heterocycles. The summed E-state index contributed by atoms with van der Waals surface area (Å²) in [7, 11) is 0. The van der Waals surface area contributed by atoms with Crippen molar-refractivity contribution >= 4 is 32.7 Å². The van der Waals surface area contributed by atoms with E-state index in [4.69, 9.17) is 5.73 Å². The Bertz CT molecular complexity index is 584. The SMILES string of the molecule is NC(=O)CC(O)C(O)c1[nH]nc2cc(Br)ccc12. The Hall–Kier alpha value is -1.44. The normalized spacial score (nSPS) is 14.6. The minimum Gasteiger partial charge on any atom is -0.389 e.